The predicted molar refractivity (Wildman–Crippen MR) is 180 cm³/mol. The van der Waals surface area contributed by atoms with E-state index in [1.165, 1.54) is 6.07 Å². The van der Waals surface area contributed by atoms with Crippen molar-refractivity contribution in [2.75, 3.05) is 65.6 Å². The number of morpholine rings is 1. The van der Waals surface area contributed by atoms with Crippen molar-refractivity contribution in [2.24, 2.45) is 4.99 Å². The van der Waals surface area contributed by atoms with E-state index in [0.29, 0.717) is 62.5 Å². The van der Waals surface area contributed by atoms with Crippen LogP contribution in [0.5, 0.6) is 5.75 Å². The van der Waals surface area contributed by atoms with Gasteiger partial charge in [-0.1, -0.05) is 47.5 Å². The van der Waals surface area contributed by atoms with Gasteiger partial charge in [-0.2, -0.15) is 13.2 Å². The monoisotopic (exact) mass is 717 g/mol. The number of amides is 3. The Balaban J connectivity index is 1.37. The number of urea groups is 1. The van der Waals surface area contributed by atoms with Crippen molar-refractivity contribution >= 4 is 41.0 Å². The van der Waals surface area contributed by atoms with Crippen LogP contribution in [-0.4, -0.2) is 103 Å². The van der Waals surface area contributed by atoms with Crippen LogP contribution in [0.3, 0.4) is 0 Å². The zero-order valence-electron chi connectivity index (χ0n) is 26.8. The minimum absolute atomic E-state index is 0.0244. The molecule has 260 valence electrons. The number of alkyl halides is 3. The lowest BCUT2D eigenvalue weighted by Gasteiger charge is -2.39. The highest BCUT2D eigenvalue weighted by Gasteiger charge is 2.45. The zero-order chi connectivity index (χ0) is 34.7. The molecule has 3 aromatic carbocycles. The first kappa shape index (κ1) is 35.0. The van der Waals surface area contributed by atoms with Gasteiger partial charge >= 0.3 is 12.2 Å². The molecule has 3 heterocycles. The van der Waals surface area contributed by atoms with E-state index in [1.54, 1.807) is 45.9 Å². The second-order valence-corrected chi connectivity index (χ2v) is 12.9. The highest BCUT2D eigenvalue weighted by atomic mass is 35.5. The first-order chi connectivity index (χ1) is 23.5. The molecule has 3 amide bonds. The summed E-state index contributed by atoms with van der Waals surface area (Å²) in [7, 11) is 0. The van der Waals surface area contributed by atoms with Crippen LogP contribution in [-0.2, 0) is 15.7 Å². The van der Waals surface area contributed by atoms with Gasteiger partial charge in [-0.05, 0) is 60.5 Å². The number of carbonyl (C=O) groups is 2. The summed E-state index contributed by atoms with van der Waals surface area (Å²) in [5.41, 5.74) is 0.875. The molecule has 3 aliphatic heterocycles. The Hall–Kier alpha value is -3.84. The number of rotatable bonds is 7. The third-order valence-electron chi connectivity index (χ3n) is 8.91. The Morgan fingerprint density at radius 2 is 1.47 bits per heavy atom. The number of hydrogen-bond donors (Lipinski definition) is 0. The van der Waals surface area contributed by atoms with E-state index in [9.17, 15) is 22.8 Å². The third kappa shape index (κ3) is 7.82. The summed E-state index contributed by atoms with van der Waals surface area (Å²) < 4.78 is 52.5. The van der Waals surface area contributed by atoms with Gasteiger partial charge in [-0.15, -0.1) is 0 Å². The van der Waals surface area contributed by atoms with Crippen LogP contribution in [0.2, 0.25) is 10.0 Å². The van der Waals surface area contributed by atoms with Gasteiger partial charge in [0.25, 0.3) is 0 Å². The molecule has 14 heteroatoms. The summed E-state index contributed by atoms with van der Waals surface area (Å²) in [4.78, 5) is 39.8. The Morgan fingerprint density at radius 3 is 2.06 bits per heavy atom. The number of aliphatic imine (C=N–C) groups is 1. The molecule has 9 nitrogen and oxygen atoms in total. The lowest BCUT2D eigenvalue weighted by atomic mass is 9.93. The zero-order valence-corrected chi connectivity index (χ0v) is 28.3. The molecule has 0 aliphatic carbocycles. The average Bonchev–Trinajstić information content (AvgIpc) is 3.49. The molecule has 0 spiro atoms. The van der Waals surface area contributed by atoms with Crippen molar-refractivity contribution in [1.82, 2.24) is 19.6 Å². The maximum Gasteiger partial charge on any atom is 0.416 e. The van der Waals surface area contributed by atoms with E-state index < -0.39 is 23.8 Å². The lowest BCUT2D eigenvalue weighted by Crippen LogP contribution is -2.56. The summed E-state index contributed by atoms with van der Waals surface area (Å²) in [6.45, 7) is 5.79. The Kier molecular flexibility index (Phi) is 10.7. The molecular formula is C35H36Cl2F3N5O4. The Morgan fingerprint density at radius 1 is 0.857 bits per heavy atom. The van der Waals surface area contributed by atoms with E-state index in [1.807, 2.05) is 29.2 Å². The second-order valence-electron chi connectivity index (χ2n) is 12.0. The summed E-state index contributed by atoms with van der Waals surface area (Å²) in [6, 6.07) is 15.8. The second kappa shape index (κ2) is 15.0. The molecule has 0 radical (unpaired) electrons. The van der Waals surface area contributed by atoms with Gasteiger partial charge in [0.05, 0.1) is 43.5 Å². The standard InChI is InChI=1S/C35H36Cl2F3N5O4/c1-2-49-29-21-25(35(38,39)40)7-12-28(29)33-41-31(23-3-8-26(36)9-4-23)32(24-5-10-27(37)11-6-24)45(33)34(47)44-15-13-42(14-16-44)22-30(46)43-17-19-48-20-18-43/h3-12,21,31-32H,2,13-20,22H2,1H3/t31-,32+/m0/s1. The SMILES string of the molecule is CCOc1cc(C(F)(F)F)ccc1C1=N[C@@H](c2ccc(Cl)cc2)[C@@H](c2ccc(Cl)cc2)N1C(=O)N1CCN(CC(=O)N2CCOCC2)CC1. The fourth-order valence-corrected chi connectivity index (χ4v) is 6.62. The number of benzene rings is 3. The Bertz CT molecular complexity index is 1680. The number of hydrogen-bond acceptors (Lipinski definition) is 6. The maximum absolute atomic E-state index is 14.7. The number of carbonyl (C=O) groups excluding carboxylic acids is 2. The van der Waals surface area contributed by atoms with Gasteiger partial charge in [-0.3, -0.25) is 19.6 Å². The van der Waals surface area contributed by atoms with E-state index in [-0.39, 0.29) is 42.2 Å². The minimum Gasteiger partial charge on any atom is -0.493 e. The van der Waals surface area contributed by atoms with Crippen molar-refractivity contribution in [3.8, 4) is 5.75 Å². The predicted octanol–water partition coefficient (Wildman–Crippen LogP) is 6.55. The summed E-state index contributed by atoms with van der Waals surface area (Å²) in [5.74, 6) is 0.176. The normalized spacial score (nSPS) is 20.4. The van der Waals surface area contributed by atoms with Gasteiger partial charge in [0.1, 0.15) is 17.6 Å². The van der Waals surface area contributed by atoms with Crippen LogP contribution in [0.15, 0.2) is 71.7 Å². The van der Waals surface area contributed by atoms with Crippen LogP contribution < -0.4 is 4.74 Å². The molecule has 0 unspecified atom stereocenters. The molecule has 2 saturated heterocycles. The van der Waals surface area contributed by atoms with Crippen molar-refractivity contribution in [3.63, 3.8) is 0 Å². The van der Waals surface area contributed by atoms with Crippen LogP contribution in [0.4, 0.5) is 18.0 Å². The topological polar surface area (TPSA) is 77.9 Å². The Labute approximate surface area is 292 Å². The first-order valence-corrected chi connectivity index (χ1v) is 16.9. The molecule has 0 bridgehead atoms. The van der Waals surface area contributed by atoms with Gasteiger partial charge in [0, 0.05) is 49.3 Å². The van der Waals surface area contributed by atoms with Crippen molar-refractivity contribution < 1.29 is 32.2 Å². The van der Waals surface area contributed by atoms with Crippen LogP contribution >= 0.6 is 23.2 Å². The van der Waals surface area contributed by atoms with E-state index >= 15 is 0 Å². The molecule has 49 heavy (non-hydrogen) atoms. The number of ether oxygens (including phenoxy) is 2. The molecule has 6 rings (SSSR count). The third-order valence-corrected chi connectivity index (χ3v) is 9.42. The largest absolute Gasteiger partial charge is 0.493 e. The quantitative estimate of drug-likeness (QED) is 0.277. The maximum atomic E-state index is 14.7. The van der Waals surface area contributed by atoms with E-state index in [0.717, 1.165) is 23.3 Å². The fourth-order valence-electron chi connectivity index (χ4n) is 6.37. The number of halogens is 5. The molecule has 0 saturated carbocycles. The molecular weight excluding hydrogens is 682 g/mol. The van der Waals surface area contributed by atoms with Crippen LogP contribution in [0.1, 0.15) is 41.3 Å². The molecule has 3 aromatic rings. The summed E-state index contributed by atoms with van der Waals surface area (Å²) in [5, 5.41) is 1.03. The van der Waals surface area contributed by atoms with Gasteiger partial charge < -0.3 is 19.3 Å². The van der Waals surface area contributed by atoms with Crippen molar-refractivity contribution in [3.05, 3.63) is 99.0 Å². The minimum atomic E-state index is -4.60. The number of nitrogens with zero attached hydrogens (tertiary/aromatic N) is 5. The van der Waals surface area contributed by atoms with Crippen molar-refractivity contribution in [2.45, 2.75) is 25.2 Å². The van der Waals surface area contributed by atoms with Crippen LogP contribution in [0.25, 0.3) is 0 Å². The van der Waals surface area contributed by atoms with E-state index in [2.05, 4.69) is 0 Å². The molecule has 0 N–H and O–H groups in total. The lowest BCUT2D eigenvalue weighted by molar-refractivity contribution is -0.138. The van der Waals surface area contributed by atoms with E-state index in [4.69, 9.17) is 37.7 Å². The van der Waals surface area contributed by atoms with Crippen molar-refractivity contribution in [1.29, 1.82) is 0 Å². The molecule has 2 fully saturated rings. The number of amidine groups is 1. The average molecular weight is 719 g/mol. The van der Waals surface area contributed by atoms with Crippen LogP contribution in [0, 0.1) is 0 Å². The molecule has 2 atom stereocenters. The smallest absolute Gasteiger partial charge is 0.416 e. The van der Waals surface area contributed by atoms with Gasteiger partial charge in [-0.25, -0.2) is 4.79 Å². The number of piperazine rings is 1. The van der Waals surface area contributed by atoms with Gasteiger partial charge in [0.2, 0.25) is 5.91 Å². The highest BCUT2D eigenvalue weighted by molar-refractivity contribution is 6.30. The summed E-state index contributed by atoms with van der Waals surface area (Å²) >= 11 is 12.5. The fraction of sp³-hybridized carbons (Fsp3) is 0.400. The molecule has 3 aliphatic rings. The summed E-state index contributed by atoms with van der Waals surface area (Å²) in [6.07, 6.45) is -4.60. The van der Waals surface area contributed by atoms with Gasteiger partial charge in [0.15, 0.2) is 0 Å². The highest BCUT2D eigenvalue weighted by Crippen LogP contribution is 2.46. The molecule has 0 aromatic heterocycles. The first-order valence-electron chi connectivity index (χ1n) is 16.1.